The summed E-state index contributed by atoms with van der Waals surface area (Å²) in [4.78, 5) is 35.1. The first-order valence-corrected chi connectivity index (χ1v) is 12.1. The molecule has 1 aromatic carbocycles. The molecule has 0 saturated heterocycles. The largest absolute Gasteiger partial charge is 0.348 e. The Kier molecular flexibility index (Phi) is 6.02. The van der Waals surface area contributed by atoms with Crippen LogP contribution in [-0.2, 0) is 24.2 Å². The van der Waals surface area contributed by atoms with Gasteiger partial charge in [-0.15, -0.1) is 11.3 Å². The van der Waals surface area contributed by atoms with Gasteiger partial charge in [-0.1, -0.05) is 49.0 Å². The van der Waals surface area contributed by atoms with E-state index in [1.54, 1.807) is 34.9 Å². The van der Waals surface area contributed by atoms with Crippen LogP contribution in [0.15, 0.2) is 40.3 Å². The van der Waals surface area contributed by atoms with Gasteiger partial charge in [0.15, 0.2) is 5.16 Å². The number of aryl methyl sites for hydroxylation is 1. The molecule has 0 fully saturated rings. The van der Waals surface area contributed by atoms with Crippen molar-refractivity contribution in [1.82, 2.24) is 14.5 Å². The molecule has 2 atom stereocenters. The summed E-state index contributed by atoms with van der Waals surface area (Å²) in [7, 11) is 3.52. The zero-order valence-corrected chi connectivity index (χ0v) is 19.5. The fraction of sp³-hybridized carbons (Fsp3) is 0.435. The van der Waals surface area contributed by atoms with Gasteiger partial charge in [-0.05, 0) is 43.2 Å². The minimum Gasteiger partial charge on any atom is -0.348 e. The number of nitrogens with zero attached hydrogens (tertiary/aromatic N) is 3. The van der Waals surface area contributed by atoms with Crippen molar-refractivity contribution in [3.8, 4) is 0 Å². The minimum absolute atomic E-state index is 0.0116. The second-order valence-electron chi connectivity index (χ2n) is 8.12. The van der Waals surface area contributed by atoms with E-state index < -0.39 is 5.25 Å². The van der Waals surface area contributed by atoms with E-state index >= 15 is 0 Å². The number of amides is 1. The molecule has 2 unspecified atom stereocenters. The molecule has 0 spiro atoms. The first-order chi connectivity index (χ1) is 14.4. The summed E-state index contributed by atoms with van der Waals surface area (Å²) >= 11 is 3.03. The number of thioether (sulfide) groups is 1. The lowest BCUT2D eigenvalue weighted by Crippen LogP contribution is -2.28. The molecule has 0 saturated carbocycles. The average molecular weight is 442 g/mol. The van der Waals surface area contributed by atoms with Gasteiger partial charge in [-0.25, -0.2) is 4.98 Å². The van der Waals surface area contributed by atoms with Crippen LogP contribution >= 0.6 is 23.1 Å². The maximum atomic E-state index is 13.4. The van der Waals surface area contributed by atoms with E-state index in [4.69, 9.17) is 4.98 Å². The number of hydrogen-bond acceptors (Lipinski definition) is 5. The third-order valence-corrected chi connectivity index (χ3v) is 8.07. The topological polar surface area (TPSA) is 55.2 Å². The molecule has 5 nitrogen and oxygen atoms in total. The Balaban J connectivity index is 1.83. The van der Waals surface area contributed by atoms with Crippen LogP contribution in [0.3, 0.4) is 0 Å². The third kappa shape index (κ3) is 3.81. The molecule has 3 aromatic rings. The van der Waals surface area contributed by atoms with Gasteiger partial charge in [0.25, 0.3) is 5.56 Å². The summed E-state index contributed by atoms with van der Waals surface area (Å²) in [6, 6.07) is 9.72. The summed E-state index contributed by atoms with van der Waals surface area (Å²) in [5, 5.41) is 0.965. The standard InChI is InChI=1S/C23H27N3O2S2/c1-5-26-21(27)18-16-12-11-14(2)13-17(16)29-20(18)24-23(26)30-19(22(28)25(3)4)15-9-7-6-8-10-15/h6-10,14,19H,5,11-13H2,1-4H3. The van der Waals surface area contributed by atoms with Gasteiger partial charge in [0.05, 0.1) is 5.39 Å². The molecule has 0 N–H and O–H groups in total. The van der Waals surface area contributed by atoms with Crippen molar-refractivity contribution in [2.24, 2.45) is 5.92 Å². The quantitative estimate of drug-likeness (QED) is 0.431. The fourth-order valence-electron chi connectivity index (χ4n) is 4.00. The second-order valence-corrected chi connectivity index (χ2v) is 10.3. The molecule has 7 heteroatoms. The zero-order valence-electron chi connectivity index (χ0n) is 17.8. The SMILES string of the molecule is CCn1c(SC(C(=O)N(C)C)c2ccccc2)nc2sc3c(c2c1=O)CCC(C)C3. The number of carbonyl (C=O) groups is 1. The highest BCUT2D eigenvalue weighted by Gasteiger charge is 2.28. The molecule has 0 radical (unpaired) electrons. The van der Waals surface area contributed by atoms with Crippen molar-refractivity contribution < 1.29 is 4.79 Å². The van der Waals surface area contributed by atoms with Gasteiger partial charge in [0.2, 0.25) is 5.91 Å². The molecule has 2 heterocycles. The number of hydrogen-bond donors (Lipinski definition) is 0. The molecule has 30 heavy (non-hydrogen) atoms. The van der Waals surface area contributed by atoms with E-state index in [0.717, 1.165) is 35.0 Å². The first kappa shape index (κ1) is 21.1. The van der Waals surface area contributed by atoms with Crippen LogP contribution in [0, 0.1) is 5.92 Å². The Morgan fingerprint density at radius 2 is 2.07 bits per heavy atom. The molecule has 0 aliphatic heterocycles. The molecule has 4 rings (SSSR count). The maximum Gasteiger partial charge on any atom is 0.263 e. The van der Waals surface area contributed by atoms with E-state index in [9.17, 15) is 9.59 Å². The van der Waals surface area contributed by atoms with Gasteiger partial charge in [0.1, 0.15) is 10.1 Å². The normalized spacial score (nSPS) is 17.0. The van der Waals surface area contributed by atoms with Gasteiger partial charge in [0, 0.05) is 25.5 Å². The summed E-state index contributed by atoms with van der Waals surface area (Å²) < 4.78 is 1.73. The summed E-state index contributed by atoms with van der Waals surface area (Å²) in [5.41, 5.74) is 2.15. The molecular weight excluding hydrogens is 414 g/mol. The van der Waals surface area contributed by atoms with E-state index in [0.29, 0.717) is 17.6 Å². The summed E-state index contributed by atoms with van der Waals surface area (Å²) in [5.74, 6) is 0.635. The van der Waals surface area contributed by atoms with E-state index in [2.05, 4.69) is 6.92 Å². The predicted octanol–water partition coefficient (Wildman–Crippen LogP) is 4.52. The van der Waals surface area contributed by atoms with Crippen LogP contribution in [0.4, 0.5) is 0 Å². The minimum atomic E-state index is -0.446. The van der Waals surface area contributed by atoms with Gasteiger partial charge in [-0.2, -0.15) is 0 Å². The Morgan fingerprint density at radius 1 is 1.33 bits per heavy atom. The number of rotatable bonds is 5. The van der Waals surface area contributed by atoms with Gasteiger partial charge in [-0.3, -0.25) is 14.2 Å². The van der Waals surface area contributed by atoms with Crippen molar-refractivity contribution in [2.75, 3.05) is 14.1 Å². The van der Waals surface area contributed by atoms with Crippen LogP contribution in [0.2, 0.25) is 0 Å². The highest BCUT2D eigenvalue weighted by atomic mass is 32.2. The Morgan fingerprint density at radius 3 is 2.73 bits per heavy atom. The van der Waals surface area contributed by atoms with Gasteiger partial charge >= 0.3 is 0 Å². The lowest BCUT2D eigenvalue weighted by Gasteiger charge is -2.21. The first-order valence-electron chi connectivity index (χ1n) is 10.4. The average Bonchev–Trinajstić information content (AvgIpc) is 3.09. The number of aromatic nitrogens is 2. The number of benzene rings is 1. The van der Waals surface area contributed by atoms with E-state index in [1.807, 2.05) is 37.3 Å². The van der Waals surface area contributed by atoms with Crippen LogP contribution in [0.1, 0.15) is 41.5 Å². The third-order valence-electron chi connectivity index (χ3n) is 5.69. The number of fused-ring (bicyclic) bond motifs is 3. The molecule has 2 aromatic heterocycles. The number of thiophene rings is 1. The number of likely N-dealkylation sites (N-methyl/N-ethyl adjacent to an activating group) is 1. The number of carbonyl (C=O) groups excluding carboxylic acids is 1. The van der Waals surface area contributed by atoms with Crippen LogP contribution < -0.4 is 5.56 Å². The lowest BCUT2D eigenvalue weighted by molar-refractivity contribution is -0.128. The molecule has 0 bridgehead atoms. The summed E-state index contributed by atoms with van der Waals surface area (Å²) in [6.45, 7) is 4.76. The molecule has 1 aliphatic rings. The summed E-state index contributed by atoms with van der Waals surface area (Å²) in [6.07, 6.45) is 3.10. The Bertz CT molecular complexity index is 1130. The van der Waals surface area contributed by atoms with Crippen molar-refractivity contribution in [3.05, 3.63) is 56.7 Å². The van der Waals surface area contributed by atoms with Crippen LogP contribution in [0.5, 0.6) is 0 Å². The molecule has 158 valence electrons. The molecular formula is C23H27N3O2S2. The molecule has 1 amide bonds. The highest BCUT2D eigenvalue weighted by molar-refractivity contribution is 8.00. The smallest absolute Gasteiger partial charge is 0.263 e. The second kappa shape index (κ2) is 8.55. The lowest BCUT2D eigenvalue weighted by atomic mass is 9.89. The van der Waals surface area contributed by atoms with E-state index in [1.165, 1.54) is 22.2 Å². The van der Waals surface area contributed by atoms with Crippen LogP contribution in [-0.4, -0.2) is 34.5 Å². The maximum absolute atomic E-state index is 13.4. The fourth-order valence-corrected chi connectivity index (χ4v) is 6.73. The van der Waals surface area contributed by atoms with Gasteiger partial charge < -0.3 is 4.90 Å². The van der Waals surface area contributed by atoms with Crippen molar-refractivity contribution in [2.45, 2.75) is 50.1 Å². The monoisotopic (exact) mass is 441 g/mol. The molecule has 1 aliphatic carbocycles. The van der Waals surface area contributed by atoms with Crippen molar-refractivity contribution >= 4 is 39.2 Å². The Labute approximate surface area is 185 Å². The van der Waals surface area contributed by atoms with Crippen molar-refractivity contribution in [1.29, 1.82) is 0 Å². The highest BCUT2D eigenvalue weighted by Crippen LogP contribution is 2.39. The zero-order chi connectivity index (χ0) is 21.4. The van der Waals surface area contributed by atoms with Crippen molar-refractivity contribution in [3.63, 3.8) is 0 Å². The predicted molar refractivity (Wildman–Crippen MR) is 124 cm³/mol. The van der Waals surface area contributed by atoms with Crippen LogP contribution in [0.25, 0.3) is 10.2 Å². The Hall–Kier alpha value is -2.12. The van der Waals surface area contributed by atoms with E-state index in [-0.39, 0.29) is 11.5 Å².